The zero-order valence-corrected chi connectivity index (χ0v) is 15.4. The van der Waals surface area contributed by atoms with Crippen molar-refractivity contribution in [3.05, 3.63) is 35.9 Å². The maximum absolute atomic E-state index is 12.8. The van der Waals surface area contributed by atoms with Crippen LogP contribution in [0.15, 0.2) is 30.3 Å². The van der Waals surface area contributed by atoms with Gasteiger partial charge in [0.15, 0.2) is 0 Å². The van der Waals surface area contributed by atoms with Crippen LogP contribution in [0.3, 0.4) is 0 Å². The Morgan fingerprint density at radius 2 is 1.84 bits per heavy atom. The van der Waals surface area contributed by atoms with Crippen molar-refractivity contribution < 1.29 is 9.90 Å². The summed E-state index contributed by atoms with van der Waals surface area (Å²) in [7, 11) is 0. The number of aliphatic hydroxyl groups is 1. The highest BCUT2D eigenvalue weighted by atomic mass is 16.3. The molecular weight excluding hydrogens is 312 g/mol. The lowest BCUT2D eigenvalue weighted by Gasteiger charge is -2.39. The average Bonchev–Trinajstić information content (AvgIpc) is 2.68. The Morgan fingerprint density at radius 1 is 1.12 bits per heavy atom. The van der Waals surface area contributed by atoms with Crippen LogP contribution in [0, 0.1) is 11.8 Å². The Labute approximate surface area is 151 Å². The summed E-state index contributed by atoms with van der Waals surface area (Å²) in [5, 5.41) is 9.38. The minimum Gasteiger partial charge on any atom is -0.396 e. The standard InChI is InChI=1S/C21H32N2O2/c1-17(21(25)23-11-5-8-20(15-23)16-24)22-12-9-19(10-13-22)14-18-6-3-2-4-7-18/h2-4,6-7,17,19-20,24H,5,8-16H2,1H3. The molecule has 2 aliphatic heterocycles. The fourth-order valence-electron chi connectivity index (χ4n) is 4.33. The molecule has 2 heterocycles. The average molecular weight is 344 g/mol. The monoisotopic (exact) mass is 344 g/mol. The molecule has 2 unspecified atom stereocenters. The fourth-order valence-corrected chi connectivity index (χ4v) is 4.33. The molecule has 0 spiro atoms. The molecule has 1 amide bonds. The fraction of sp³-hybridized carbons (Fsp3) is 0.667. The van der Waals surface area contributed by atoms with Crippen LogP contribution in [0.1, 0.15) is 38.2 Å². The topological polar surface area (TPSA) is 43.8 Å². The van der Waals surface area contributed by atoms with E-state index in [1.807, 2.05) is 4.90 Å². The number of carbonyl (C=O) groups is 1. The lowest BCUT2D eigenvalue weighted by Crippen LogP contribution is -2.52. The molecule has 138 valence electrons. The Kier molecular flexibility index (Phi) is 6.49. The summed E-state index contributed by atoms with van der Waals surface area (Å²) in [6, 6.07) is 10.7. The van der Waals surface area contributed by atoms with Gasteiger partial charge in [0, 0.05) is 19.7 Å². The van der Waals surface area contributed by atoms with E-state index in [2.05, 4.69) is 42.2 Å². The maximum Gasteiger partial charge on any atom is 0.239 e. The summed E-state index contributed by atoms with van der Waals surface area (Å²) in [4.78, 5) is 17.2. The van der Waals surface area contributed by atoms with Gasteiger partial charge in [-0.1, -0.05) is 30.3 Å². The predicted octanol–water partition coefficient (Wildman–Crippen LogP) is 2.56. The molecule has 4 heteroatoms. The molecule has 1 aromatic carbocycles. The van der Waals surface area contributed by atoms with Crippen LogP contribution in [0.25, 0.3) is 0 Å². The number of hydrogen-bond donors (Lipinski definition) is 1. The number of likely N-dealkylation sites (tertiary alicyclic amines) is 2. The van der Waals surface area contributed by atoms with Crippen LogP contribution >= 0.6 is 0 Å². The van der Waals surface area contributed by atoms with E-state index in [1.54, 1.807) is 0 Å². The summed E-state index contributed by atoms with van der Waals surface area (Å²) < 4.78 is 0. The molecule has 1 aromatic rings. The van der Waals surface area contributed by atoms with E-state index in [0.29, 0.717) is 0 Å². The van der Waals surface area contributed by atoms with Crippen LogP contribution in [-0.2, 0) is 11.2 Å². The number of rotatable bonds is 5. The second-order valence-corrected chi connectivity index (χ2v) is 7.82. The molecule has 0 bridgehead atoms. The van der Waals surface area contributed by atoms with Gasteiger partial charge in [-0.05, 0) is 69.5 Å². The van der Waals surface area contributed by atoms with E-state index in [0.717, 1.165) is 51.4 Å². The molecule has 3 rings (SSSR count). The van der Waals surface area contributed by atoms with E-state index < -0.39 is 0 Å². The van der Waals surface area contributed by atoms with Crippen molar-refractivity contribution in [3.8, 4) is 0 Å². The van der Waals surface area contributed by atoms with Crippen molar-refractivity contribution in [1.82, 2.24) is 9.80 Å². The zero-order valence-electron chi connectivity index (χ0n) is 15.4. The van der Waals surface area contributed by atoms with Crippen LogP contribution in [-0.4, -0.2) is 59.6 Å². The molecule has 2 fully saturated rings. The van der Waals surface area contributed by atoms with Gasteiger partial charge >= 0.3 is 0 Å². The molecule has 0 aliphatic carbocycles. The first kappa shape index (κ1) is 18.4. The molecule has 0 saturated carbocycles. The van der Waals surface area contributed by atoms with Crippen molar-refractivity contribution in [2.24, 2.45) is 11.8 Å². The molecule has 1 N–H and O–H groups in total. The SMILES string of the molecule is CC(C(=O)N1CCCC(CO)C1)N1CCC(Cc2ccccc2)CC1. The normalized spacial score (nSPS) is 24.2. The highest BCUT2D eigenvalue weighted by molar-refractivity contribution is 5.81. The summed E-state index contributed by atoms with van der Waals surface area (Å²) in [6.45, 7) is 5.86. The molecular formula is C21H32N2O2. The van der Waals surface area contributed by atoms with Crippen molar-refractivity contribution in [2.75, 3.05) is 32.8 Å². The minimum atomic E-state index is -0.0323. The first-order valence-electron chi connectivity index (χ1n) is 9.85. The zero-order chi connectivity index (χ0) is 17.6. The lowest BCUT2D eigenvalue weighted by molar-refractivity contribution is -0.139. The van der Waals surface area contributed by atoms with Gasteiger partial charge in [0.05, 0.1) is 6.04 Å². The lowest BCUT2D eigenvalue weighted by atomic mass is 9.89. The van der Waals surface area contributed by atoms with Crippen LogP contribution in [0.2, 0.25) is 0 Å². The van der Waals surface area contributed by atoms with Crippen molar-refractivity contribution in [3.63, 3.8) is 0 Å². The predicted molar refractivity (Wildman–Crippen MR) is 100 cm³/mol. The molecule has 2 aliphatic rings. The Morgan fingerprint density at radius 3 is 2.52 bits per heavy atom. The van der Waals surface area contributed by atoms with Gasteiger partial charge in [0.25, 0.3) is 0 Å². The molecule has 25 heavy (non-hydrogen) atoms. The van der Waals surface area contributed by atoms with Crippen molar-refractivity contribution >= 4 is 5.91 Å². The van der Waals surface area contributed by atoms with E-state index in [1.165, 1.54) is 18.4 Å². The first-order chi connectivity index (χ1) is 12.2. The molecule has 4 nitrogen and oxygen atoms in total. The second kappa shape index (κ2) is 8.81. The Hall–Kier alpha value is -1.39. The van der Waals surface area contributed by atoms with Crippen molar-refractivity contribution in [2.45, 2.75) is 45.1 Å². The summed E-state index contributed by atoms with van der Waals surface area (Å²) in [5.41, 5.74) is 1.42. The molecule has 2 atom stereocenters. The number of hydrogen-bond acceptors (Lipinski definition) is 3. The minimum absolute atomic E-state index is 0.0323. The van der Waals surface area contributed by atoms with Crippen LogP contribution in [0.5, 0.6) is 0 Å². The molecule has 2 saturated heterocycles. The summed E-state index contributed by atoms with van der Waals surface area (Å²) in [6.07, 6.45) is 5.56. The van der Waals surface area contributed by atoms with Gasteiger partial charge in [0.1, 0.15) is 0 Å². The number of amides is 1. The maximum atomic E-state index is 12.8. The Balaban J connectivity index is 1.47. The third-order valence-corrected chi connectivity index (χ3v) is 6.01. The molecule has 0 radical (unpaired) electrons. The van der Waals surface area contributed by atoms with Gasteiger partial charge in [-0.3, -0.25) is 9.69 Å². The number of aliphatic hydroxyl groups excluding tert-OH is 1. The van der Waals surface area contributed by atoms with E-state index in [4.69, 9.17) is 0 Å². The third kappa shape index (κ3) is 4.83. The van der Waals surface area contributed by atoms with Crippen LogP contribution in [0.4, 0.5) is 0 Å². The van der Waals surface area contributed by atoms with Gasteiger partial charge in [-0.25, -0.2) is 0 Å². The molecule has 0 aromatic heterocycles. The third-order valence-electron chi connectivity index (χ3n) is 6.01. The summed E-state index contributed by atoms with van der Waals surface area (Å²) in [5.74, 6) is 1.25. The van der Waals surface area contributed by atoms with Gasteiger partial charge in [0.2, 0.25) is 5.91 Å². The number of nitrogens with zero attached hydrogens (tertiary/aromatic N) is 2. The summed E-state index contributed by atoms with van der Waals surface area (Å²) >= 11 is 0. The van der Waals surface area contributed by atoms with Crippen LogP contribution < -0.4 is 0 Å². The Bertz CT molecular complexity index is 540. The van der Waals surface area contributed by atoms with Gasteiger partial charge in [-0.15, -0.1) is 0 Å². The highest BCUT2D eigenvalue weighted by Gasteiger charge is 2.31. The number of piperidine rings is 2. The smallest absolute Gasteiger partial charge is 0.239 e. The van der Waals surface area contributed by atoms with E-state index >= 15 is 0 Å². The van der Waals surface area contributed by atoms with Gasteiger partial charge in [-0.2, -0.15) is 0 Å². The first-order valence-corrected chi connectivity index (χ1v) is 9.85. The van der Waals surface area contributed by atoms with E-state index in [-0.39, 0.29) is 24.5 Å². The number of carbonyl (C=O) groups excluding carboxylic acids is 1. The number of benzene rings is 1. The highest BCUT2D eigenvalue weighted by Crippen LogP contribution is 2.24. The largest absolute Gasteiger partial charge is 0.396 e. The van der Waals surface area contributed by atoms with E-state index in [9.17, 15) is 9.90 Å². The van der Waals surface area contributed by atoms with Crippen molar-refractivity contribution in [1.29, 1.82) is 0 Å². The quantitative estimate of drug-likeness (QED) is 0.893. The van der Waals surface area contributed by atoms with Gasteiger partial charge < -0.3 is 10.0 Å². The second-order valence-electron chi connectivity index (χ2n) is 7.82.